The van der Waals surface area contributed by atoms with Crippen molar-refractivity contribution in [2.24, 2.45) is 11.7 Å². The van der Waals surface area contributed by atoms with E-state index in [1.165, 1.54) is 6.07 Å². The second kappa shape index (κ2) is 5.74. The summed E-state index contributed by atoms with van der Waals surface area (Å²) in [4.78, 5) is 0. The summed E-state index contributed by atoms with van der Waals surface area (Å²) in [7, 11) is 0. The molecule has 2 aromatic carbocycles. The molecule has 17 heavy (non-hydrogen) atoms. The van der Waals surface area contributed by atoms with Crippen LogP contribution in [0.5, 0.6) is 5.75 Å². The Balaban J connectivity index is 0.000000686. The first kappa shape index (κ1) is 12.8. The molecule has 0 aliphatic carbocycles. The Morgan fingerprint density at radius 1 is 0.765 bits per heavy atom. The minimum Gasteiger partial charge on any atom is -0.507 e. The topological polar surface area (TPSA) is 124 Å². The second-order valence-corrected chi connectivity index (χ2v) is 3.40. The van der Waals surface area contributed by atoms with Crippen LogP contribution >= 0.6 is 0 Å². The van der Waals surface area contributed by atoms with Gasteiger partial charge in [-0.25, -0.2) is 0 Å². The van der Waals surface area contributed by atoms with Crippen molar-refractivity contribution in [3.8, 4) is 16.9 Å². The van der Waals surface area contributed by atoms with E-state index in [-0.39, 0.29) is 5.75 Å². The monoisotopic (exact) mass is 232 g/mol. The van der Waals surface area contributed by atoms with Crippen LogP contribution in [0, 0.1) is 0 Å². The lowest BCUT2D eigenvalue weighted by Gasteiger charge is -2.05. The zero-order valence-electron chi connectivity index (χ0n) is 9.30. The van der Waals surface area contributed by atoms with Crippen molar-refractivity contribution >= 4 is 11.4 Å². The van der Waals surface area contributed by atoms with Gasteiger partial charge in [0.05, 0.1) is 0 Å². The molecule has 0 unspecified atom stereocenters. The summed E-state index contributed by atoms with van der Waals surface area (Å²) < 4.78 is 0. The quantitative estimate of drug-likeness (QED) is 0.285. The van der Waals surface area contributed by atoms with Gasteiger partial charge in [0.25, 0.3) is 0 Å². The van der Waals surface area contributed by atoms with Gasteiger partial charge in [-0.2, -0.15) is 0 Å². The van der Waals surface area contributed by atoms with E-state index in [0.717, 1.165) is 11.1 Å². The van der Waals surface area contributed by atoms with Crippen molar-refractivity contribution in [2.75, 3.05) is 11.5 Å². The van der Waals surface area contributed by atoms with Gasteiger partial charge in [-0.05, 0) is 29.8 Å². The van der Waals surface area contributed by atoms with E-state index in [9.17, 15) is 5.11 Å². The lowest BCUT2D eigenvalue weighted by Crippen LogP contribution is -2.02. The largest absolute Gasteiger partial charge is 0.507 e. The third-order valence-electron chi connectivity index (χ3n) is 2.24. The van der Waals surface area contributed by atoms with Crippen molar-refractivity contribution in [3.63, 3.8) is 0 Å². The van der Waals surface area contributed by atoms with Crippen LogP contribution in [-0.4, -0.2) is 5.11 Å². The van der Waals surface area contributed by atoms with Crippen LogP contribution in [0.1, 0.15) is 0 Å². The Bertz CT molecular complexity index is 482. The molecule has 2 aromatic rings. The van der Waals surface area contributed by atoms with Crippen LogP contribution in [0.25, 0.3) is 11.1 Å². The smallest absolute Gasteiger partial charge is 0.125 e. The number of nitrogen functional groups attached to an aromatic ring is 2. The van der Waals surface area contributed by atoms with Crippen molar-refractivity contribution in [3.05, 3.63) is 42.5 Å². The van der Waals surface area contributed by atoms with Crippen LogP contribution < -0.4 is 23.2 Å². The zero-order valence-corrected chi connectivity index (χ0v) is 9.30. The van der Waals surface area contributed by atoms with E-state index < -0.39 is 0 Å². The molecule has 0 fully saturated rings. The number of hydrazine groups is 1. The zero-order chi connectivity index (χ0) is 12.8. The molecule has 90 valence electrons. The lowest BCUT2D eigenvalue weighted by molar-refractivity contribution is 0.477. The average molecular weight is 232 g/mol. The van der Waals surface area contributed by atoms with Gasteiger partial charge in [0, 0.05) is 23.0 Å². The highest BCUT2D eigenvalue weighted by atomic mass is 16.3. The van der Waals surface area contributed by atoms with Gasteiger partial charge in [-0.3, -0.25) is 11.7 Å². The number of nitrogens with two attached hydrogens (primary N) is 4. The van der Waals surface area contributed by atoms with E-state index in [4.69, 9.17) is 11.5 Å². The fraction of sp³-hybridized carbons (Fsp3) is 0. The Labute approximate surface area is 99.6 Å². The summed E-state index contributed by atoms with van der Waals surface area (Å²) in [5.74, 6) is 8.18. The fourth-order valence-corrected chi connectivity index (χ4v) is 1.46. The van der Waals surface area contributed by atoms with E-state index in [0.29, 0.717) is 11.4 Å². The molecule has 0 saturated carbocycles. The molecule has 0 atom stereocenters. The number of rotatable bonds is 1. The van der Waals surface area contributed by atoms with Gasteiger partial charge in [0.1, 0.15) is 5.75 Å². The van der Waals surface area contributed by atoms with Crippen molar-refractivity contribution in [1.29, 1.82) is 0 Å². The molecule has 0 aliphatic heterocycles. The Hall–Kier alpha value is -2.24. The maximum atomic E-state index is 9.70. The van der Waals surface area contributed by atoms with Crippen molar-refractivity contribution in [1.82, 2.24) is 0 Å². The minimum atomic E-state index is 0.180. The fourth-order valence-electron chi connectivity index (χ4n) is 1.46. The van der Waals surface area contributed by atoms with Gasteiger partial charge < -0.3 is 16.6 Å². The summed E-state index contributed by atoms with van der Waals surface area (Å²) in [6, 6.07) is 12.4. The Morgan fingerprint density at radius 2 is 1.29 bits per heavy atom. The Kier molecular flexibility index (Phi) is 4.33. The number of hydrogen-bond acceptors (Lipinski definition) is 5. The molecular weight excluding hydrogens is 216 g/mol. The van der Waals surface area contributed by atoms with Gasteiger partial charge in [-0.1, -0.05) is 12.1 Å². The Morgan fingerprint density at radius 3 is 1.82 bits per heavy atom. The SMILES string of the molecule is NN.Nc1ccc(-c2ccc(N)cc2O)cc1. The van der Waals surface area contributed by atoms with E-state index >= 15 is 0 Å². The first-order valence-electron chi connectivity index (χ1n) is 4.94. The molecule has 0 radical (unpaired) electrons. The molecule has 5 nitrogen and oxygen atoms in total. The number of aromatic hydroxyl groups is 1. The molecule has 0 amide bonds. The number of anilines is 2. The van der Waals surface area contributed by atoms with Crippen LogP contribution in [0.2, 0.25) is 0 Å². The predicted octanol–water partition coefficient (Wildman–Crippen LogP) is 1.04. The molecule has 0 spiro atoms. The average Bonchev–Trinajstić information content (AvgIpc) is 2.33. The van der Waals surface area contributed by atoms with E-state index in [1.807, 2.05) is 12.1 Å². The summed E-state index contributed by atoms with van der Waals surface area (Å²) in [6.07, 6.45) is 0. The lowest BCUT2D eigenvalue weighted by atomic mass is 10.0. The maximum Gasteiger partial charge on any atom is 0.125 e. The number of benzene rings is 2. The maximum absolute atomic E-state index is 9.70. The minimum absolute atomic E-state index is 0.180. The second-order valence-electron chi connectivity index (χ2n) is 3.40. The molecule has 0 aromatic heterocycles. The highest BCUT2D eigenvalue weighted by Crippen LogP contribution is 2.30. The first-order valence-corrected chi connectivity index (χ1v) is 4.94. The summed E-state index contributed by atoms with van der Waals surface area (Å²) in [6.45, 7) is 0. The third kappa shape index (κ3) is 3.10. The summed E-state index contributed by atoms with van der Waals surface area (Å²) in [5.41, 5.74) is 14.1. The standard InChI is InChI=1S/C12H12N2O.H4N2/c13-9-3-1-8(2-4-9)11-6-5-10(14)7-12(11)15;1-2/h1-7,15H,13-14H2;1-2H2. The molecule has 5 heteroatoms. The molecule has 0 aliphatic rings. The highest BCUT2D eigenvalue weighted by Gasteiger charge is 2.03. The predicted molar refractivity (Wildman–Crippen MR) is 70.7 cm³/mol. The van der Waals surface area contributed by atoms with Gasteiger partial charge >= 0.3 is 0 Å². The third-order valence-corrected chi connectivity index (χ3v) is 2.24. The number of phenolic OH excluding ortho intramolecular Hbond substituents is 1. The molecular formula is C12H16N4O. The number of hydrogen-bond donors (Lipinski definition) is 5. The normalized spacial score (nSPS) is 9.29. The van der Waals surface area contributed by atoms with Gasteiger partial charge in [0.2, 0.25) is 0 Å². The van der Waals surface area contributed by atoms with Crippen LogP contribution in [-0.2, 0) is 0 Å². The molecule has 0 saturated heterocycles. The van der Waals surface area contributed by atoms with Crippen molar-refractivity contribution < 1.29 is 5.11 Å². The molecule has 0 bridgehead atoms. The molecule has 0 heterocycles. The summed E-state index contributed by atoms with van der Waals surface area (Å²) >= 11 is 0. The molecule has 2 rings (SSSR count). The van der Waals surface area contributed by atoms with E-state index in [1.54, 1.807) is 24.3 Å². The van der Waals surface area contributed by atoms with Crippen LogP contribution in [0.3, 0.4) is 0 Å². The highest BCUT2D eigenvalue weighted by molar-refractivity contribution is 5.73. The van der Waals surface area contributed by atoms with Crippen molar-refractivity contribution in [2.45, 2.75) is 0 Å². The van der Waals surface area contributed by atoms with Gasteiger partial charge in [0.15, 0.2) is 0 Å². The summed E-state index contributed by atoms with van der Waals surface area (Å²) in [5, 5.41) is 9.70. The van der Waals surface area contributed by atoms with Crippen LogP contribution in [0.4, 0.5) is 11.4 Å². The first-order chi connectivity index (χ1) is 8.16. The van der Waals surface area contributed by atoms with Gasteiger partial charge in [-0.15, -0.1) is 0 Å². The van der Waals surface area contributed by atoms with E-state index in [2.05, 4.69) is 11.7 Å². The molecule has 9 N–H and O–H groups in total. The van der Waals surface area contributed by atoms with Crippen LogP contribution in [0.15, 0.2) is 42.5 Å². The number of phenols is 1.